The number of hydrogen-bond acceptors (Lipinski definition) is 5. The first-order chi connectivity index (χ1) is 12.5. The Hall–Kier alpha value is -3.09. The summed E-state index contributed by atoms with van der Waals surface area (Å²) in [5.74, 6) is 0.545. The van der Waals surface area contributed by atoms with Crippen LogP contribution in [0, 0.1) is 5.92 Å². The third kappa shape index (κ3) is 3.77. The fourth-order valence-electron chi connectivity index (χ4n) is 2.85. The maximum atomic E-state index is 12.5. The van der Waals surface area contributed by atoms with Gasteiger partial charge in [0, 0.05) is 32.7 Å². The van der Waals surface area contributed by atoms with Crippen LogP contribution in [0.3, 0.4) is 0 Å². The second-order valence-corrected chi connectivity index (χ2v) is 6.39. The Balaban J connectivity index is 1.64. The van der Waals surface area contributed by atoms with E-state index in [1.54, 1.807) is 36.4 Å². The lowest BCUT2D eigenvalue weighted by atomic mass is 10.1. The van der Waals surface area contributed by atoms with Crippen LogP contribution >= 0.6 is 0 Å². The molecule has 136 valence electrons. The van der Waals surface area contributed by atoms with E-state index in [-0.39, 0.29) is 18.2 Å². The maximum Gasteiger partial charge on any atom is 0.230 e. The third-order valence-corrected chi connectivity index (χ3v) is 4.40. The molecular weight excluding hydrogens is 332 g/mol. The molecule has 26 heavy (non-hydrogen) atoms. The Kier molecular flexibility index (Phi) is 5.06. The van der Waals surface area contributed by atoms with Crippen LogP contribution in [0.15, 0.2) is 42.6 Å². The molecule has 1 saturated heterocycles. The second-order valence-electron chi connectivity index (χ2n) is 6.39. The van der Waals surface area contributed by atoms with Crippen molar-refractivity contribution in [1.82, 2.24) is 4.98 Å². The number of ether oxygens (including phenoxy) is 1. The summed E-state index contributed by atoms with van der Waals surface area (Å²) in [5, 5.41) is 2.79. The molecule has 0 aliphatic carbocycles. The van der Waals surface area contributed by atoms with Crippen molar-refractivity contribution in [2.75, 3.05) is 42.9 Å². The normalized spacial score (nSPS) is 16.5. The quantitative estimate of drug-likeness (QED) is 0.890. The highest BCUT2D eigenvalue weighted by Crippen LogP contribution is 2.27. The minimum atomic E-state index is -0.403. The fraction of sp³-hybridized carbons (Fsp3) is 0.316. The molecule has 2 aromatic rings. The van der Waals surface area contributed by atoms with E-state index in [0.29, 0.717) is 12.4 Å². The summed E-state index contributed by atoms with van der Waals surface area (Å²) in [6.07, 6.45) is 1.88. The van der Waals surface area contributed by atoms with Gasteiger partial charge in [-0.3, -0.25) is 9.59 Å². The molecule has 0 bridgehead atoms. The predicted octanol–water partition coefficient (Wildman–Crippen LogP) is 2.15. The first-order valence-corrected chi connectivity index (χ1v) is 8.36. The van der Waals surface area contributed by atoms with E-state index in [4.69, 9.17) is 4.74 Å². The zero-order valence-electron chi connectivity index (χ0n) is 15.1. The van der Waals surface area contributed by atoms with Crippen LogP contribution in [-0.2, 0) is 9.59 Å². The molecule has 1 aromatic heterocycles. The smallest absolute Gasteiger partial charge is 0.230 e. The monoisotopic (exact) mass is 354 g/mol. The number of rotatable bonds is 5. The van der Waals surface area contributed by atoms with E-state index < -0.39 is 5.92 Å². The van der Waals surface area contributed by atoms with Gasteiger partial charge >= 0.3 is 0 Å². The first-order valence-electron chi connectivity index (χ1n) is 8.36. The van der Waals surface area contributed by atoms with Gasteiger partial charge in [0.25, 0.3) is 0 Å². The minimum Gasteiger partial charge on any atom is -0.497 e. The van der Waals surface area contributed by atoms with Crippen molar-refractivity contribution in [2.45, 2.75) is 6.42 Å². The second kappa shape index (κ2) is 7.43. The van der Waals surface area contributed by atoms with Gasteiger partial charge in [-0.25, -0.2) is 4.98 Å². The number of nitrogens with one attached hydrogen (secondary N) is 1. The summed E-state index contributed by atoms with van der Waals surface area (Å²) in [6.45, 7) is 0.354. The highest BCUT2D eigenvalue weighted by molar-refractivity contribution is 6.03. The van der Waals surface area contributed by atoms with Gasteiger partial charge in [0.2, 0.25) is 11.8 Å². The molecule has 0 spiro atoms. The number of carbonyl (C=O) groups is 2. The molecule has 0 radical (unpaired) electrons. The average Bonchev–Trinajstić information content (AvgIpc) is 3.04. The molecule has 1 aliphatic rings. The van der Waals surface area contributed by atoms with Crippen molar-refractivity contribution in [2.24, 2.45) is 5.92 Å². The van der Waals surface area contributed by atoms with E-state index >= 15 is 0 Å². The number of benzene rings is 1. The van der Waals surface area contributed by atoms with Gasteiger partial charge in [0.05, 0.1) is 24.9 Å². The van der Waals surface area contributed by atoms with Crippen molar-refractivity contribution in [3.8, 4) is 5.75 Å². The molecule has 7 nitrogen and oxygen atoms in total. The molecular formula is C19H22N4O3. The molecule has 0 saturated carbocycles. The van der Waals surface area contributed by atoms with Crippen LogP contribution in [0.5, 0.6) is 5.75 Å². The number of amides is 2. The van der Waals surface area contributed by atoms with Gasteiger partial charge < -0.3 is 19.9 Å². The highest BCUT2D eigenvalue weighted by Gasteiger charge is 2.35. The molecule has 2 amide bonds. The maximum absolute atomic E-state index is 12.5. The van der Waals surface area contributed by atoms with E-state index in [1.165, 1.54) is 0 Å². The van der Waals surface area contributed by atoms with Crippen LogP contribution in [0.2, 0.25) is 0 Å². The molecule has 1 fully saturated rings. The lowest BCUT2D eigenvalue weighted by Gasteiger charge is -2.17. The average molecular weight is 354 g/mol. The van der Waals surface area contributed by atoms with E-state index in [9.17, 15) is 9.59 Å². The Morgan fingerprint density at radius 3 is 2.54 bits per heavy atom. The predicted molar refractivity (Wildman–Crippen MR) is 101 cm³/mol. The number of aromatic nitrogens is 1. The summed E-state index contributed by atoms with van der Waals surface area (Å²) in [6, 6.07) is 10.9. The summed E-state index contributed by atoms with van der Waals surface area (Å²) in [4.78, 5) is 32.6. The molecule has 1 aromatic carbocycles. The largest absolute Gasteiger partial charge is 0.497 e. The van der Waals surface area contributed by atoms with Gasteiger partial charge in [-0.15, -0.1) is 0 Å². The van der Waals surface area contributed by atoms with Crippen molar-refractivity contribution < 1.29 is 14.3 Å². The summed E-state index contributed by atoms with van der Waals surface area (Å²) >= 11 is 0. The number of anilines is 3. The standard InChI is InChI=1S/C19H22N4O3/c1-22(2)15-6-9-17(20-11-15)21-19(25)13-10-18(24)23(12-13)14-4-7-16(26-3)8-5-14/h4-9,11,13H,10,12H2,1-3H3,(H,20,21,25). The first kappa shape index (κ1) is 17.7. The topological polar surface area (TPSA) is 74.8 Å². The van der Waals surface area contributed by atoms with Gasteiger partial charge in [0.15, 0.2) is 0 Å². The summed E-state index contributed by atoms with van der Waals surface area (Å²) < 4.78 is 5.13. The molecule has 7 heteroatoms. The van der Waals surface area contributed by atoms with E-state index in [0.717, 1.165) is 17.1 Å². The zero-order valence-corrected chi connectivity index (χ0v) is 15.1. The molecule has 3 rings (SSSR count). The lowest BCUT2D eigenvalue weighted by Crippen LogP contribution is -2.28. The Bertz CT molecular complexity index is 787. The van der Waals surface area contributed by atoms with Gasteiger partial charge in [-0.2, -0.15) is 0 Å². The Morgan fingerprint density at radius 1 is 1.23 bits per heavy atom. The lowest BCUT2D eigenvalue weighted by molar-refractivity contribution is -0.122. The molecule has 1 aliphatic heterocycles. The third-order valence-electron chi connectivity index (χ3n) is 4.40. The summed E-state index contributed by atoms with van der Waals surface area (Å²) in [5.41, 5.74) is 1.71. The number of nitrogens with zero attached hydrogens (tertiary/aromatic N) is 3. The van der Waals surface area contributed by atoms with Crippen LogP contribution in [0.4, 0.5) is 17.2 Å². The summed E-state index contributed by atoms with van der Waals surface area (Å²) in [7, 11) is 5.44. The number of hydrogen-bond donors (Lipinski definition) is 1. The van der Waals surface area contributed by atoms with E-state index in [2.05, 4.69) is 10.3 Å². The van der Waals surface area contributed by atoms with Crippen molar-refractivity contribution >= 4 is 29.0 Å². The van der Waals surface area contributed by atoms with Crippen molar-refractivity contribution in [3.63, 3.8) is 0 Å². The zero-order chi connectivity index (χ0) is 18.7. The Morgan fingerprint density at radius 2 is 1.96 bits per heavy atom. The fourth-order valence-corrected chi connectivity index (χ4v) is 2.85. The molecule has 1 unspecified atom stereocenters. The molecule has 1 atom stereocenters. The van der Waals surface area contributed by atoms with E-state index in [1.807, 2.05) is 37.2 Å². The number of methoxy groups -OCH3 is 1. The van der Waals surface area contributed by atoms with Gasteiger partial charge in [-0.05, 0) is 36.4 Å². The van der Waals surface area contributed by atoms with Crippen LogP contribution in [0.25, 0.3) is 0 Å². The SMILES string of the molecule is COc1ccc(N2CC(C(=O)Nc3ccc(N(C)C)cn3)CC2=O)cc1. The van der Waals surface area contributed by atoms with Crippen LogP contribution in [-0.4, -0.2) is 44.5 Å². The molecule has 2 heterocycles. The minimum absolute atomic E-state index is 0.0637. The highest BCUT2D eigenvalue weighted by atomic mass is 16.5. The van der Waals surface area contributed by atoms with Crippen LogP contribution < -0.4 is 19.9 Å². The Labute approximate surface area is 152 Å². The van der Waals surface area contributed by atoms with Gasteiger partial charge in [0.1, 0.15) is 11.6 Å². The number of pyridine rings is 1. The van der Waals surface area contributed by atoms with Gasteiger partial charge in [-0.1, -0.05) is 0 Å². The molecule has 1 N–H and O–H groups in total. The van der Waals surface area contributed by atoms with Crippen molar-refractivity contribution in [3.05, 3.63) is 42.6 Å². The van der Waals surface area contributed by atoms with Crippen molar-refractivity contribution in [1.29, 1.82) is 0 Å². The van der Waals surface area contributed by atoms with Crippen LogP contribution in [0.1, 0.15) is 6.42 Å². The number of carbonyl (C=O) groups excluding carboxylic acids is 2.